The number of nitrogens with one attached hydrogen (secondary N) is 2. The smallest absolute Gasteiger partial charge is 0.251 e. The first kappa shape index (κ1) is 15.0. The first-order chi connectivity index (χ1) is 10.1. The molecule has 2 aromatic rings. The Balaban J connectivity index is 1.93. The number of rotatable bonds is 5. The number of halogens is 1. The SMILES string of the molecule is CNc1ccc(C(=O)NCCc2cccc(F)c2)c(C)c1. The molecule has 0 bridgehead atoms. The van der Waals surface area contributed by atoms with Crippen LogP contribution in [0.1, 0.15) is 21.5 Å². The van der Waals surface area contributed by atoms with Crippen molar-refractivity contribution in [3.8, 4) is 0 Å². The van der Waals surface area contributed by atoms with Crippen molar-refractivity contribution in [3.05, 3.63) is 65.0 Å². The fourth-order valence-corrected chi connectivity index (χ4v) is 2.18. The van der Waals surface area contributed by atoms with Gasteiger partial charge in [0.15, 0.2) is 0 Å². The number of anilines is 1. The van der Waals surface area contributed by atoms with Gasteiger partial charge in [-0.25, -0.2) is 4.39 Å². The summed E-state index contributed by atoms with van der Waals surface area (Å²) in [7, 11) is 1.84. The van der Waals surface area contributed by atoms with Crippen LogP contribution < -0.4 is 10.6 Å². The fraction of sp³-hybridized carbons (Fsp3) is 0.235. The molecule has 0 unspecified atom stereocenters. The van der Waals surface area contributed by atoms with Crippen LogP contribution in [0.25, 0.3) is 0 Å². The molecule has 0 fully saturated rings. The van der Waals surface area contributed by atoms with Crippen LogP contribution >= 0.6 is 0 Å². The van der Waals surface area contributed by atoms with Gasteiger partial charge in [-0.2, -0.15) is 0 Å². The summed E-state index contributed by atoms with van der Waals surface area (Å²) in [6.45, 7) is 2.39. The normalized spacial score (nSPS) is 10.2. The van der Waals surface area contributed by atoms with E-state index < -0.39 is 0 Å². The summed E-state index contributed by atoms with van der Waals surface area (Å²) in [4.78, 5) is 12.1. The number of amides is 1. The third-order valence-corrected chi connectivity index (χ3v) is 3.35. The van der Waals surface area contributed by atoms with Gasteiger partial charge in [0.25, 0.3) is 5.91 Å². The molecule has 2 rings (SSSR count). The molecule has 0 saturated heterocycles. The molecular formula is C17H19FN2O. The first-order valence-electron chi connectivity index (χ1n) is 6.91. The van der Waals surface area contributed by atoms with Crippen molar-refractivity contribution >= 4 is 11.6 Å². The van der Waals surface area contributed by atoms with E-state index in [1.165, 1.54) is 12.1 Å². The zero-order valence-electron chi connectivity index (χ0n) is 12.2. The highest BCUT2D eigenvalue weighted by Gasteiger charge is 2.08. The van der Waals surface area contributed by atoms with Gasteiger partial charge in [-0.3, -0.25) is 4.79 Å². The minimum atomic E-state index is -0.252. The molecule has 0 aliphatic heterocycles. The van der Waals surface area contributed by atoms with Gasteiger partial charge in [0, 0.05) is 24.8 Å². The largest absolute Gasteiger partial charge is 0.388 e. The highest BCUT2D eigenvalue weighted by molar-refractivity contribution is 5.96. The van der Waals surface area contributed by atoms with Gasteiger partial charge in [0.2, 0.25) is 0 Å². The van der Waals surface area contributed by atoms with Crippen molar-refractivity contribution in [3.63, 3.8) is 0 Å². The zero-order valence-corrected chi connectivity index (χ0v) is 12.2. The lowest BCUT2D eigenvalue weighted by Gasteiger charge is -2.09. The van der Waals surface area contributed by atoms with Gasteiger partial charge in [0.1, 0.15) is 5.82 Å². The summed E-state index contributed by atoms with van der Waals surface area (Å²) in [5.74, 6) is -0.358. The van der Waals surface area contributed by atoms with Crippen LogP contribution in [-0.4, -0.2) is 19.5 Å². The van der Waals surface area contributed by atoms with Gasteiger partial charge >= 0.3 is 0 Å². The Kier molecular flexibility index (Phi) is 4.93. The first-order valence-corrected chi connectivity index (χ1v) is 6.91. The van der Waals surface area contributed by atoms with E-state index in [0.29, 0.717) is 18.5 Å². The van der Waals surface area contributed by atoms with E-state index in [0.717, 1.165) is 16.8 Å². The number of benzene rings is 2. The van der Waals surface area contributed by atoms with Gasteiger partial charge in [-0.15, -0.1) is 0 Å². The molecule has 0 aliphatic carbocycles. The van der Waals surface area contributed by atoms with Crippen LogP contribution in [0.4, 0.5) is 10.1 Å². The molecule has 0 heterocycles. The van der Waals surface area contributed by atoms with E-state index in [9.17, 15) is 9.18 Å². The molecule has 2 aromatic carbocycles. The molecule has 0 aromatic heterocycles. The summed E-state index contributed by atoms with van der Waals surface area (Å²) in [6.07, 6.45) is 0.608. The Hall–Kier alpha value is -2.36. The molecule has 0 spiro atoms. The van der Waals surface area contributed by atoms with Crippen molar-refractivity contribution in [2.24, 2.45) is 0 Å². The lowest BCUT2D eigenvalue weighted by molar-refractivity contribution is 0.0953. The van der Waals surface area contributed by atoms with Crippen molar-refractivity contribution in [2.45, 2.75) is 13.3 Å². The number of hydrogen-bond donors (Lipinski definition) is 2. The maximum absolute atomic E-state index is 13.0. The summed E-state index contributed by atoms with van der Waals surface area (Å²) in [5, 5.41) is 5.90. The lowest BCUT2D eigenvalue weighted by atomic mass is 10.1. The quantitative estimate of drug-likeness (QED) is 0.886. The van der Waals surface area contributed by atoms with Gasteiger partial charge in [-0.1, -0.05) is 12.1 Å². The van der Waals surface area contributed by atoms with Crippen LogP contribution in [-0.2, 0) is 6.42 Å². The van der Waals surface area contributed by atoms with Crippen LogP contribution in [0.5, 0.6) is 0 Å². The molecule has 1 amide bonds. The van der Waals surface area contributed by atoms with Gasteiger partial charge in [-0.05, 0) is 54.8 Å². The maximum Gasteiger partial charge on any atom is 0.251 e. The molecule has 0 aliphatic rings. The molecule has 3 nitrogen and oxygen atoms in total. The van der Waals surface area contributed by atoms with Crippen molar-refractivity contribution in [1.82, 2.24) is 5.32 Å². The molecule has 21 heavy (non-hydrogen) atoms. The summed E-state index contributed by atoms with van der Waals surface area (Å²) in [5.41, 5.74) is 3.43. The maximum atomic E-state index is 13.0. The van der Waals surface area contributed by atoms with E-state index >= 15 is 0 Å². The van der Waals surface area contributed by atoms with E-state index in [2.05, 4.69) is 10.6 Å². The molecule has 0 radical (unpaired) electrons. The fourth-order valence-electron chi connectivity index (χ4n) is 2.18. The van der Waals surface area contributed by atoms with E-state index in [1.807, 2.05) is 32.2 Å². The third-order valence-electron chi connectivity index (χ3n) is 3.35. The molecule has 2 N–H and O–H groups in total. The predicted octanol–water partition coefficient (Wildman–Crippen LogP) is 3.15. The molecule has 4 heteroatoms. The average molecular weight is 286 g/mol. The number of carbonyl (C=O) groups is 1. The second-order valence-corrected chi connectivity index (χ2v) is 4.92. The van der Waals surface area contributed by atoms with E-state index in [4.69, 9.17) is 0 Å². The summed E-state index contributed by atoms with van der Waals surface area (Å²) < 4.78 is 13.0. The number of carbonyl (C=O) groups excluding carboxylic acids is 1. The van der Waals surface area contributed by atoms with Crippen LogP contribution in [0.3, 0.4) is 0 Å². The van der Waals surface area contributed by atoms with Crippen LogP contribution in [0.15, 0.2) is 42.5 Å². The van der Waals surface area contributed by atoms with E-state index in [-0.39, 0.29) is 11.7 Å². The number of hydrogen-bond acceptors (Lipinski definition) is 2. The lowest BCUT2D eigenvalue weighted by Crippen LogP contribution is -2.26. The highest BCUT2D eigenvalue weighted by atomic mass is 19.1. The second kappa shape index (κ2) is 6.88. The average Bonchev–Trinajstić information content (AvgIpc) is 2.47. The van der Waals surface area contributed by atoms with Crippen molar-refractivity contribution < 1.29 is 9.18 Å². The van der Waals surface area contributed by atoms with Gasteiger partial charge in [0.05, 0.1) is 0 Å². The Bertz CT molecular complexity index is 640. The summed E-state index contributed by atoms with van der Waals surface area (Å²) in [6, 6.07) is 12.0. The Labute approximate surface area is 124 Å². The predicted molar refractivity (Wildman–Crippen MR) is 83.2 cm³/mol. The Morgan fingerprint density at radius 1 is 1.19 bits per heavy atom. The number of aryl methyl sites for hydroxylation is 1. The highest BCUT2D eigenvalue weighted by Crippen LogP contribution is 2.14. The van der Waals surface area contributed by atoms with E-state index in [1.54, 1.807) is 12.1 Å². The van der Waals surface area contributed by atoms with Crippen LogP contribution in [0.2, 0.25) is 0 Å². The molecular weight excluding hydrogens is 267 g/mol. The minimum absolute atomic E-state index is 0.105. The zero-order chi connectivity index (χ0) is 15.2. The molecule has 0 saturated carbocycles. The second-order valence-electron chi connectivity index (χ2n) is 4.92. The topological polar surface area (TPSA) is 41.1 Å². The Morgan fingerprint density at radius 2 is 2.00 bits per heavy atom. The van der Waals surface area contributed by atoms with Crippen LogP contribution in [0, 0.1) is 12.7 Å². The summed E-state index contributed by atoms with van der Waals surface area (Å²) >= 11 is 0. The monoisotopic (exact) mass is 286 g/mol. The van der Waals surface area contributed by atoms with Crippen molar-refractivity contribution in [1.29, 1.82) is 0 Å². The molecule has 110 valence electrons. The minimum Gasteiger partial charge on any atom is -0.388 e. The third kappa shape index (κ3) is 4.05. The standard InChI is InChI=1S/C17H19FN2O/c1-12-10-15(19-2)6-7-16(12)17(21)20-9-8-13-4-3-5-14(18)11-13/h3-7,10-11,19H,8-9H2,1-2H3,(H,20,21). The Morgan fingerprint density at radius 3 is 2.67 bits per heavy atom. The molecule has 0 atom stereocenters. The van der Waals surface area contributed by atoms with Gasteiger partial charge < -0.3 is 10.6 Å². The van der Waals surface area contributed by atoms with Crippen molar-refractivity contribution in [2.75, 3.05) is 18.9 Å².